The molecule has 1 saturated heterocycles. The second kappa shape index (κ2) is 7.64. The normalized spacial score (nSPS) is 13.7. The molecule has 0 saturated carbocycles. The van der Waals surface area contributed by atoms with Gasteiger partial charge < -0.3 is 19.9 Å². The van der Waals surface area contributed by atoms with E-state index in [2.05, 4.69) is 15.2 Å². The van der Waals surface area contributed by atoms with Gasteiger partial charge in [-0.25, -0.2) is 4.79 Å². The van der Waals surface area contributed by atoms with Crippen molar-refractivity contribution in [1.29, 1.82) is 0 Å². The third kappa shape index (κ3) is 3.31. The molecule has 0 atom stereocenters. The zero-order valence-corrected chi connectivity index (χ0v) is 15.5. The van der Waals surface area contributed by atoms with Crippen molar-refractivity contribution in [2.75, 3.05) is 30.4 Å². The maximum atomic E-state index is 12.9. The molecule has 0 unspecified atom stereocenters. The minimum Gasteiger partial charge on any atom is -0.465 e. The standard InChI is InChI=1S/C20H25N3O3/c1-4-14-17(20(25)26-3)13(2)18(21-14)19(24)22-15-9-5-6-10-16(15)23-11-7-8-12-23/h5-6,9-10,21H,4,7-8,11-12H2,1-3H3,(H,22,24). The summed E-state index contributed by atoms with van der Waals surface area (Å²) < 4.78 is 4.86. The van der Waals surface area contributed by atoms with E-state index >= 15 is 0 Å². The van der Waals surface area contributed by atoms with Gasteiger partial charge in [0.25, 0.3) is 5.91 Å². The molecule has 2 heterocycles. The Morgan fingerprint density at radius 3 is 2.58 bits per heavy atom. The van der Waals surface area contributed by atoms with Gasteiger partial charge in [0.1, 0.15) is 5.69 Å². The van der Waals surface area contributed by atoms with Crippen molar-refractivity contribution in [3.05, 3.63) is 46.8 Å². The van der Waals surface area contributed by atoms with E-state index in [4.69, 9.17) is 4.74 Å². The third-order valence-electron chi connectivity index (χ3n) is 4.90. The molecule has 0 radical (unpaired) electrons. The SMILES string of the molecule is CCc1[nH]c(C(=O)Nc2ccccc2N2CCCC2)c(C)c1C(=O)OC. The average molecular weight is 355 g/mol. The molecule has 2 N–H and O–H groups in total. The molecular weight excluding hydrogens is 330 g/mol. The van der Waals surface area contributed by atoms with Gasteiger partial charge in [0.2, 0.25) is 0 Å². The van der Waals surface area contributed by atoms with E-state index < -0.39 is 5.97 Å². The van der Waals surface area contributed by atoms with Crippen molar-refractivity contribution < 1.29 is 14.3 Å². The summed E-state index contributed by atoms with van der Waals surface area (Å²) in [6.07, 6.45) is 2.95. The number of carbonyl (C=O) groups is 2. The highest BCUT2D eigenvalue weighted by Crippen LogP contribution is 2.29. The fourth-order valence-electron chi connectivity index (χ4n) is 3.53. The van der Waals surface area contributed by atoms with Crippen molar-refractivity contribution in [3.8, 4) is 0 Å². The number of ether oxygens (including phenoxy) is 1. The largest absolute Gasteiger partial charge is 0.465 e. The summed E-state index contributed by atoms with van der Waals surface area (Å²) in [6, 6.07) is 7.83. The minimum absolute atomic E-state index is 0.251. The number of para-hydroxylation sites is 2. The van der Waals surface area contributed by atoms with Crippen molar-refractivity contribution in [1.82, 2.24) is 4.98 Å². The minimum atomic E-state index is -0.424. The molecule has 2 aromatic rings. The van der Waals surface area contributed by atoms with Gasteiger partial charge in [-0.3, -0.25) is 4.79 Å². The van der Waals surface area contributed by atoms with Crippen molar-refractivity contribution >= 4 is 23.3 Å². The van der Waals surface area contributed by atoms with Gasteiger partial charge >= 0.3 is 5.97 Å². The maximum Gasteiger partial charge on any atom is 0.339 e. The number of carbonyl (C=O) groups excluding carboxylic acids is 2. The first-order chi connectivity index (χ1) is 12.6. The number of rotatable bonds is 5. The molecule has 3 rings (SSSR count). The summed E-state index contributed by atoms with van der Waals surface area (Å²) in [6.45, 7) is 5.70. The Kier molecular flexibility index (Phi) is 5.30. The number of nitrogens with zero attached hydrogens (tertiary/aromatic N) is 1. The summed E-state index contributed by atoms with van der Waals surface area (Å²) in [4.78, 5) is 30.3. The Hall–Kier alpha value is -2.76. The Labute approximate surface area is 153 Å². The Balaban J connectivity index is 1.90. The number of methoxy groups -OCH3 is 1. The molecule has 0 bridgehead atoms. The van der Waals surface area contributed by atoms with Crippen LogP contribution in [0.15, 0.2) is 24.3 Å². The van der Waals surface area contributed by atoms with Crippen molar-refractivity contribution in [3.63, 3.8) is 0 Å². The van der Waals surface area contributed by atoms with Crippen LogP contribution in [-0.4, -0.2) is 37.1 Å². The van der Waals surface area contributed by atoms with Crippen LogP contribution in [0, 0.1) is 6.92 Å². The van der Waals surface area contributed by atoms with Crippen molar-refractivity contribution in [2.45, 2.75) is 33.1 Å². The monoisotopic (exact) mass is 355 g/mol. The first-order valence-corrected chi connectivity index (χ1v) is 9.01. The highest BCUT2D eigenvalue weighted by Gasteiger charge is 2.24. The first-order valence-electron chi connectivity index (χ1n) is 9.01. The molecule has 1 fully saturated rings. The van der Waals surface area contributed by atoms with Gasteiger partial charge in [-0.1, -0.05) is 19.1 Å². The second-order valence-electron chi connectivity index (χ2n) is 6.49. The number of aromatic amines is 1. The highest BCUT2D eigenvalue weighted by atomic mass is 16.5. The molecule has 138 valence electrons. The van der Waals surface area contributed by atoms with Crippen LogP contribution in [0.25, 0.3) is 0 Å². The first kappa shape index (κ1) is 18.0. The van der Waals surface area contributed by atoms with Gasteiger partial charge in [0.05, 0.1) is 24.0 Å². The number of hydrogen-bond acceptors (Lipinski definition) is 4. The second-order valence-corrected chi connectivity index (χ2v) is 6.49. The Bertz CT molecular complexity index is 820. The molecule has 1 aromatic heterocycles. The van der Waals surface area contributed by atoms with E-state index in [-0.39, 0.29) is 5.91 Å². The number of benzene rings is 1. The fraction of sp³-hybridized carbons (Fsp3) is 0.400. The Morgan fingerprint density at radius 1 is 1.23 bits per heavy atom. The average Bonchev–Trinajstić information content (AvgIpc) is 3.29. The van der Waals surface area contributed by atoms with Crippen LogP contribution < -0.4 is 10.2 Å². The molecular formula is C20H25N3O3. The lowest BCUT2D eigenvalue weighted by molar-refractivity contribution is 0.0599. The number of amides is 1. The third-order valence-corrected chi connectivity index (χ3v) is 4.90. The lowest BCUT2D eigenvalue weighted by atomic mass is 10.1. The number of nitrogens with one attached hydrogen (secondary N) is 2. The molecule has 0 aliphatic carbocycles. The molecule has 6 heteroatoms. The quantitative estimate of drug-likeness (QED) is 0.805. The highest BCUT2D eigenvalue weighted by molar-refractivity contribution is 6.08. The summed E-state index contributed by atoms with van der Waals surface area (Å²) in [5.41, 5.74) is 4.00. The number of aryl methyl sites for hydroxylation is 1. The van der Waals surface area contributed by atoms with Gasteiger partial charge in [0.15, 0.2) is 0 Å². The number of esters is 1. The lowest BCUT2D eigenvalue weighted by Gasteiger charge is -2.21. The predicted octanol–water partition coefficient (Wildman–Crippen LogP) is 3.52. The molecule has 1 aliphatic heterocycles. The summed E-state index contributed by atoms with van der Waals surface area (Å²) in [7, 11) is 1.35. The molecule has 1 aliphatic rings. The molecule has 1 aromatic carbocycles. The van der Waals surface area contributed by atoms with Crippen LogP contribution >= 0.6 is 0 Å². The van der Waals surface area contributed by atoms with E-state index in [1.807, 2.05) is 31.2 Å². The van der Waals surface area contributed by atoms with Gasteiger partial charge in [-0.2, -0.15) is 0 Å². The summed E-state index contributed by atoms with van der Waals surface area (Å²) >= 11 is 0. The summed E-state index contributed by atoms with van der Waals surface area (Å²) in [5, 5.41) is 3.00. The molecule has 1 amide bonds. The predicted molar refractivity (Wildman–Crippen MR) is 102 cm³/mol. The van der Waals surface area contributed by atoms with Crippen LogP contribution in [0.4, 0.5) is 11.4 Å². The summed E-state index contributed by atoms with van der Waals surface area (Å²) in [5.74, 6) is -0.675. The van der Waals surface area contributed by atoms with Crippen molar-refractivity contribution in [2.24, 2.45) is 0 Å². The van der Waals surface area contributed by atoms with E-state index in [0.29, 0.717) is 28.9 Å². The Morgan fingerprint density at radius 2 is 1.92 bits per heavy atom. The molecule has 0 spiro atoms. The zero-order chi connectivity index (χ0) is 18.7. The number of H-pyrrole nitrogens is 1. The number of anilines is 2. The van der Waals surface area contributed by atoms with Crippen LogP contribution in [0.3, 0.4) is 0 Å². The molecule has 26 heavy (non-hydrogen) atoms. The van der Waals surface area contributed by atoms with Crippen LogP contribution in [0.5, 0.6) is 0 Å². The topological polar surface area (TPSA) is 74.4 Å². The van der Waals surface area contributed by atoms with Crippen LogP contribution in [0.1, 0.15) is 51.9 Å². The van der Waals surface area contributed by atoms with E-state index in [9.17, 15) is 9.59 Å². The van der Waals surface area contributed by atoms with Crippen LogP contribution in [-0.2, 0) is 11.2 Å². The van der Waals surface area contributed by atoms with Gasteiger partial charge in [0, 0.05) is 18.8 Å². The van der Waals surface area contributed by atoms with Gasteiger partial charge in [-0.05, 0) is 43.9 Å². The van der Waals surface area contributed by atoms with Gasteiger partial charge in [-0.15, -0.1) is 0 Å². The maximum absolute atomic E-state index is 12.9. The number of aromatic nitrogens is 1. The molecule has 6 nitrogen and oxygen atoms in total. The van der Waals surface area contributed by atoms with E-state index in [1.54, 1.807) is 6.92 Å². The lowest BCUT2D eigenvalue weighted by Crippen LogP contribution is -2.21. The smallest absolute Gasteiger partial charge is 0.339 e. The van der Waals surface area contributed by atoms with Crippen LogP contribution in [0.2, 0.25) is 0 Å². The number of hydrogen-bond donors (Lipinski definition) is 2. The fourth-order valence-corrected chi connectivity index (χ4v) is 3.53. The van der Waals surface area contributed by atoms with E-state index in [0.717, 1.165) is 24.5 Å². The van der Waals surface area contributed by atoms with E-state index in [1.165, 1.54) is 20.0 Å². The zero-order valence-electron chi connectivity index (χ0n) is 15.5.